The Morgan fingerprint density at radius 1 is 1.35 bits per heavy atom. The Labute approximate surface area is 127 Å². The fraction of sp³-hybridized carbons (Fsp3) is 0.500. The van der Waals surface area contributed by atoms with E-state index in [2.05, 4.69) is 4.98 Å². The first-order valence-electron chi connectivity index (χ1n) is 6.31. The first-order chi connectivity index (χ1) is 9.52. The number of halogens is 2. The second-order valence-electron chi connectivity index (χ2n) is 4.33. The number of nitrogens with two attached hydrogens (primary N) is 1. The van der Waals surface area contributed by atoms with Crippen LogP contribution in [0.1, 0.15) is 6.92 Å². The molecule has 0 radical (unpaired) electrons. The number of anilines is 2. The number of aromatic nitrogens is 1. The Hall–Kier alpha value is -1.40. The number of carbonyl (C=O) groups excluding carboxylic acids is 1. The molecule has 0 saturated carbocycles. The summed E-state index contributed by atoms with van der Waals surface area (Å²) in [6.45, 7) is 4.51. The van der Waals surface area contributed by atoms with Crippen LogP contribution in [0.5, 0.6) is 0 Å². The van der Waals surface area contributed by atoms with Crippen molar-refractivity contribution in [2.75, 3.05) is 43.4 Å². The van der Waals surface area contributed by atoms with Crippen molar-refractivity contribution < 1.29 is 9.53 Å². The predicted octanol–water partition coefficient (Wildman–Crippen LogP) is 2.25. The SMILES string of the molecule is CCOC(=O)N1CCN(c2nc(N)c(Cl)cc2Cl)CC1. The maximum atomic E-state index is 11.6. The van der Waals surface area contributed by atoms with Gasteiger partial charge >= 0.3 is 6.09 Å². The van der Waals surface area contributed by atoms with E-state index >= 15 is 0 Å². The van der Waals surface area contributed by atoms with Crippen molar-refractivity contribution in [1.82, 2.24) is 9.88 Å². The monoisotopic (exact) mass is 318 g/mol. The molecule has 1 fully saturated rings. The van der Waals surface area contributed by atoms with Crippen LogP contribution in [0.15, 0.2) is 6.07 Å². The van der Waals surface area contributed by atoms with Crippen molar-refractivity contribution in [3.63, 3.8) is 0 Å². The minimum Gasteiger partial charge on any atom is -0.450 e. The van der Waals surface area contributed by atoms with Gasteiger partial charge in [0.2, 0.25) is 0 Å². The molecule has 1 aliphatic rings. The zero-order chi connectivity index (χ0) is 14.7. The van der Waals surface area contributed by atoms with Crippen LogP contribution in [-0.4, -0.2) is 48.8 Å². The summed E-state index contributed by atoms with van der Waals surface area (Å²) in [4.78, 5) is 19.5. The number of nitrogens with zero attached hydrogens (tertiary/aromatic N) is 3. The summed E-state index contributed by atoms with van der Waals surface area (Å²) in [6, 6.07) is 1.58. The van der Waals surface area contributed by atoms with Crippen LogP contribution in [-0.2, 0) is 4.74 Å². The molecule has 0 unspecified atom stereocenters. The highest BCUT2D eigenvalue weighted by atomic mass is 35.5. The lowest BCUT2D eigenvalue weighted by Gasteiger charge is -2.35. The molecule has 1 aromatic heterocycles. The standard InChI is InChI=1S/C12H16Cl2N4O2/c1-2-20-12(19)18-5-3-17(4-6-18)11-9(14)7-8(13)10(15)16-11/h7H,2-6H2,1H3,(H2,15,16). The van der Waals surface area contributed by atoms with Gasteiger partial charge in [0.1, 0.15) is 11.6 Å². The minimum atomic E-state index is -0.290. The molecule has 0 aromatic carbocycles. The summed E-state index contributed by atoms with van der Waals surface area (Å²) in [5.41, 5.74) is 5.70. The highest BCUT2D eigenvalue weighted by molar-refractivity contribution is 6.37. The van der Waals surface area contributed by atoms with E-state index in [9.17, 15) is 4.79 Å². The number of piperazine rings is 1. The number of ether oxygens (including phenoxy) is 1. The van der Waals surface area contributed by atoms with Crippen LogP contribution in [0.3, 0.4) is 0 Å². The molecular formula is C12H16Cl2N4O2. The molecule has 2 rings (SSSR count). The van der Waals surface area contributed by atoms with Crippen LogP contribution < -0.4 is 10.6 Å². The van der Waals surface area contributed by atoms with E-state index in [0.717, 1.165) is 0 Å². The van der Waals surface area contributed by atoms with Crippen molar-refractivity contribution >= 4 is 40.9 Å². The van der Waals surface area contributed by atoms with Gasteiger partial charge in [0.15, 0.2) is 0 Å². The first kappa shape index (κ1) is 15.0. The van der Waals surface area contributed by atoms with E-state index in [-0.39, 0.29) is 11.9 Å². The van der Waals surface area contributed by atoms with Crippen LogP contribution >= 0.6 is 23.2 Å². The first-order valence-corrected chi connectivity index (χ1v) is 7.06. The van der Waals surface area contributed by atoms with Crippen LogP contribution in [0.25, 0.3) is 0 Å². The predicted molar refractivity (Wildman–Crippen MR) is 79.5 cm³/mol. The molecule has 1 amide bonds. The normalized spacial score (nSPS) is 15.3. The number of amides is 1. The summed E-state index contributed by atoms with van der Waals surface area (Å²) in [5.74, 6) is 0.843. The lowest BCUT2D eigenvalue weighted by atomic mass is 10.3. The van der Waals surface area contributed by atoms with Gasteiger partial charge in [-0.2, -0.15) is 0 Å². The Bertz CT molecular complexity index is 504. The Morgan fingerprint density at radius 3 is 2.60 bits per heavy atom. The van der Waals surface area contributed by atoms with Crippen LogP contribution in [0.4, 0.5) is 16.4 Å². The second kappa shape index (κ2) is 6.37. The molecule has 110 valence electrons. The van der Waals surface area contributed by atoms with Crippen molar-refractivity contribution in [3.8, 4) is 0 Å². The quantitative estimate of drug-likeness (QED) is 0.905. The number of rotatable bonds is 2. The minimum absolute atomic E-state index is 0.249. The Morgan fingerprint density at radius 2 is 2.00 bits per heavy atom. The molecular weight excluding hydrogens is 303 g/mol. The molecule has 0 spiro atoms. The van der Waals surface area contributed by atoms with Crippen molar-refractivity contribution in [3.05, 3.63) is 16.1 Å². The van der Waals surface area contributed by atoms with Crippen molar-refractivity contribution in [2.45, 2.75) is 6.92 Å². The van der Waals surface area contributed by atoms with Gasteiger partial charge < -0.3 is 20.3 Å². The average molecular weight is 319 g/mol. The lowest BCUT2D eigenvalue weighted by molar-refractivity contribution is 0.105. The maximum absolute atomic E-state index is 11.6. The fourth-order valence-electron chi connectivity index (χ4n) is 2.01. The van der Waals surface area contributed by atoms with Crippen LogP contribution in [0, 0.1) is 0 Å². The molecule has 2 heterocycles. The molecule has 1 saturated heterocycles. The summed E-state index contributed by atoms with van der Waals surface area (Å²) >= 11 is 12.0. The van der Waals surface area contributed by atoms with Crippen molar-refractivity contribution in [2.24, 2.45) is 0 Å². The third-order valence-corrected chi connectivity index (χ3v) is 3.62. The van der Waals surface area contributed by atoms with Gasteiger partial charge in [0, 0.05) is 26.2 Å². The number of hydrogen-bond donors (Lipinski definition) is 1. The Kier molecular flexibility index (Phi) is 4.77. The molecule has 6 nitrogen and oxygen atoms in total. The molecule has 20 heavy (non-hydrogen) atoms. The summed E-state index contributed by atoms with van der Waals surface area (Å²) in [6.07, 6.45) is -0.290. The number of pyridine rings is 1. The summed E-state index contributed by atoms with van der Waals surface area (Å²) < 4.78 is 4.97. The fourth-order valence-corrected chi connectivity index (χ4v) is 2.49. The second-order valence-corrected chi connectivity index (χ2v) is 5.15. The molecule has 1 aromatic rings. The highest BCUT2D eigenvalue weighted by Crippen LogP contribution is 2.30. The zero-order valence-corrected chi connectivity index (χ0v) is 12.6. The van der Waals surface area contributed by atoms with Gasteiger partial charge in [-0.05, 0) is 13.0 Å². The van der Waals surface area contributed by atoms with E-state index in [1.54, 1.807) is 17.9 Å². The smallest absolute Gasteiger partial charge is 0.409 e. The third-order valence-electron chi connectivity index (χ3n) is 3.04. The summed E-state index contributed by atoms with van der Waals surface area (Å²) in [7, 11) is 0. The Balaban J connectivity index is 2.04. The number of nitrogen functional groups attached to an aromatic ring is 1. The molecule has 2 N–H and O–H groups in total. The molecule has 0 bridgehead atoms. The molecule has 1 aliphatic heterocycles. The van der Waals surface area contributed by atoms with Crippen molar-refractivity contribution in [1.29, 1.82) is 0 Å². The number of hydrogen-bond acceptors (Lipinski definition) is 5. The number of carbonyl (C=O) groups is 1. The lowest BCUT2D eigenvalue weighted by Crippen LogP contribution is -2.49. The van der Waals surface area contributed by atoms with E-state index in [0.29, 0.717) is 48.6 Å². The van der Waals surface area contributed by atoms with Gasteiger partial charge in [-0.3, -0.25) is 0 Å². The van der Waals surface area contributed by atoms with Gasteiger partial charge in [0.25, 0.3) is 0 Å². The van der Waals surface area contributed by atoms with Gasteiger partial charge in [-0.25, -0.2) is 9.78 Å². The third kappa shape index (κ3) is 3.19. The van der Waals surface area contributed by atoms with E-state index < -0.39 is 0 Å². The molecule has 0 aliphatic carbocycles. The van der Waals surface area contributed by atoms with E-state index in [1.165, 1.54) is 0 Å². The molecule has 0 atom stereocenters. The van der Waals surface area contributed by atoms with E-state index in [1.807, 2.05) is 4.90 Å². The van der Waals surface area contributed by atoms with E-state index in [4.69, 9.17) is 33.7 Å². The van der Waals surface area contributed by atoms with Gasteiger partial charge in [-0.1, -0.05) is 23.2 Å². The van der Waals surface area contributed by atoms with Gasteiger partial charge in [-0.15, -0.1) is 0 Å². The summed E-state index contributed by atoms with van der Waals surface area (Å²) in [5, 5.41) is 0.790. The van der Waals surface area contributed by atoms with Crippen LogP contribution in [0.2, 0.25) is 10.0 Å². The average Bonchev–Trinajstić information content (AvgIpc) is 2.43. The maximum Gasteiger partial charge on any atom is 0.409 e. The zero-order valence-electron chi connectivity index (χ0n) is 11.1. The van der Waals surface area contributed by atoms with Gasteiger partial charge in [0.05, 0.1) is 16.7 Å². The molecule has 8 heteroatoms. The topological polar surface area (TPSA) is 71.7 Å². The highest BCUT2D eigenvalue weighted by Gasteiger charge is 2.24. The largest absolute Gasteiger partial charge is 0.450 e.